The number of benzene rings is 2. The second-order valence-corrected chi connectivity index (χ2v) is 6.46. The zero-order valence-electron chi connectivity index (χ0n) is 13.7. The number of fused-ring (bicyclic) bond motifs is 3. The van der Waals surface area contributed by atoms with Gasteiger partial charge >= 0.3 is 12.1 Å². The molecule has 4 nitrogen and oxygen atoms in total. The topological polar surface area (TPSA) is 46.6 Å². The highest BCUT2D eigenvalue weighted by Crippen LogP contribution is 2.44. The third-order valence-electron chi connectivity index (χ3n) is 5.09. The summed E-state index contributed by atoms with van der Waals surface area (Å²) in [5.41, 5.74) is 4.54. The maximum atomic E-state index is 13.1. The minimum absolute atomic E-state index is 0.0431. The van der Waals surface area contributed by atoms with Gasteiger partial charge in [0.25, 0.3) is 0 Å². The van der Waals surface area contributed by atoms with Crippen LogP contribution in [0, 0.1) is 0 Å². The highest BCUT2D eigenvalue weighted by molar-refractivity contribution is 5.82. The number of amides is 1. The number of halogens is 1. The van der Waals surface area contributed by atoms with Crippen molar-refractivity contribution in [1.82, 2.24) is 4.90 Å². The van der Waals surface area contributed by atoms with Crippen LogP contribution in [-0.2, 0) is 9.53 Å². The molecule has 1 aliphatic heterocycles. The van der Waals surface area contributed by atoms with Crippen LogP contribution in [0.3, 0.4) is 0 Å². The first-order valence-electron chi connectivity index (χ1n) is 8.48. The Morgan fingerprint density at radius 3 is 2.24 bits per heavy atom. The number of nitrogens with zero attached hydrogens (tertiary/aromatic N) is 1. The van der Waals surface area contributed by atoms with Gasteiger partial charge in [-0.1, -0.05) is 48.5 Å². The largest absolute Gasteiger partial charge is 0.448 e. The zero-order valence-corrected chi connectivity index (χ0v) is 13.7. The molecule has 0 N–H and O–H groups in total. The number of ether oxygens (including phenoxy) is 1. The number of likely N-dealkylation sites (tertiary alicyclic amines) is 1. The van der Waals surface area contributed by atoms with Gasteiger partial charge in [-0.3, -0.25) is 9.69 Å². The summed E-state index contributed by atoms with van der Waals surface area (Å²) in [6.45, 7) is 0.535. The van der Waals surface area contributed by atoms with Gasteiger partial charge in [-0.25, -0.2) is 4.79 Å². The number of hydrogen-bond acceptors (Lipinski definition) is 3. The van der Waals surface area contributed by atoms with Crippen molar-refractivity contribution >= 4 is 12.1 Å². The molecule has 128 valence electrons. The molecule has 1 heterocycles. The molecule has 0 radical (unpaired) electrons. The van der Waals surface area contributed by atoms with Crippen molar-refractivity contribution in [2.45, 2.75) is 24.8 Å². The second kappa shape index (κ2) is 6.31. The molecule has 0 saturated carbocycles. The summed E-state index contributed by atoms with van der Waals surface area (Å²) >= 11 is 0. The monoisotopic (exact) mass is 339 g/mol. The lowest BCUT2D eigenvalue weighted by Crippen LogP contribution is -2.39. The Balaban J connectivity index is 1.53. The fourth-order valence-corrected chi connectivity index (χ4v) is 3.90. The Morgan fingerprint density at radius 2 is 1.64 bits per heavy atom. The van der Waals surface area contributed by atoms with Crippen molar-refractivity contribution in [1.29, 1.82) is 0 Å². The first-order valence-corrected chi connectivity index (χ1v) is 8.48. The normalized spacial score (nSPS) is 18.8. The molecule has 1 saturated heterocycles. The maximum absolute atomic E-state index is 13.1. The zero-order chi connectivity index (χ0) is 17.4. The lowest BCUT2D eigenvalue weighted by molar-refractivity contribution is -0.133. The molecule has 2 aromatic carbocycles. The molecular weight excluding hydrogens is 321 g/mol. The van der Waals surface area contributed by atoms with Gasteiger partial charge < -0.3 is 4.74 Å². The molecule has 4 rings (SSSR count). The van der Waals surface area contributed by atoms with E-state index in [4.69, 9.17) is 4.74 Å². The van der Waals surface area contributed by atoms with E-state index in [0.29, 0.717) is 19.4 Å². The van der Waals surface area contributed by atoms with Crippen LogP contribution >= 0.6 is 0 Å². The molecule has 25 heavy (non-hydrogen) atoms. The minimum atomic E-state index is -1.47. The molecule has 5 heteroatoms. The SMILES string of the molecule is O=C(F)[C@@H]1CCCN1C(=O)OCC1c2ccccc2-c2ccccc21. The van der Waals surface area contributed by atoms with E-state index in [1.807, 2.05) is 36.4 Å². The van der Waals surface area contributed by atoms with Gasteiger partial charge in [0.2, 0.25) is 0 Å². The van der Waals surface area contributed by atoms with E-state index in [1.165, 1.54) is 4.90 Å². The van der Waals surface area contributed by atoms with E-state index in [2.05, 4.69) is 12.1 Å². The van der Waals surface area contributed by atoms with Gasteiger partial charge in [0.15, 0.2) is 0 Å². The average molecular weight is 339 g/mol. The first-order chi connectivity index (χ1) is 12.2. The molecule has 2 aliphatic rings. The number of rotatable bonds is 3. The molecule has 0 aromatic heterocycles. The highest BCUT2D eigenvalue weighted by Gasteiger charge is 2.36. The van der Waals surface area contributed by atoms with Crippen molar-refractivity contribution in [3.8, 4) is 11.1 Å². The Morgan fingerprint density at radius 1 is 1.04 bits per heavy atom. The van der Waals surface area contributed by atoms with Crippen molar-refractivity contribution < 1.29 is 18.7 Å². The molecule has 1 aliphatic carbocycles. The fraction of sp³-hybridized carbons (Fsp3) is 0.300. The first kappa shape index (κ1) is 15.8. The molecule has 0 spiro atoms. The van der Waals surface area contributed by atoms with Gasteiger partial charge in [0.1, 0.15) is 12.6 Å². The van der Waals surface area contributed by atoms with Crippen molar-refractivity contribution in [2.75, 3.05) is 13.2 Å². The smallest absolute Gasteiger partial charge is 0.410 e. The average Bonchev–Trinajstić information content (AvgIpc) is 3.23. The Hall–Kier alpha value is -2.69. The summed E-state index contributed by atoms with van der Waals surface area (Å²) < 4.78 is 18.5. The van der Waals surface area contributed by atoms with Crippen LogP contribution in [0.25, 0.3) is 11.1 Å². The van der Waals surface area contributed by atoms with Gasteiger partial charge in [-0.05, 0) is 35.1 Å². The van der Waals surface area contributed by atoms with Crippen LogP contribution in [0.2, 0.25) is 0 Å². The van der Waals surface area contributed by atoms with Gasteiger partial charge in [0, 0.05) is 12.5 Å². The quantitative estimate of drug-likeness (QED) is 0.797. The van der Waals surface area contributed by atoms with E-state index in [1.54, 1.807) is 0 Å². The van der Waals surface area contributed by atoms with E-state index in [0.717, 1.165) is 22.3 Å². The third kappa shape index (κ3) is 2.69. The predicted molar refractivity (Wildman–Crippen MR) is 90.9 cm³/mol. The molecule has 1 fully saturated rings. The summed E-state index contributed by atoms with van der Waals surface area (Å²) in [7, 11) is 0. The summed E-state index contributed by atoms with van der Waals surface area (Å²) in [6.07, 6.45) is 0.361. The van der Waals surface area contributed by atoms with Crippen LogP contribution in [0.15, 0.2) is 48.5 Å². The molecular formula is C20H18FNO3. The Kier molecular flexibility index (Phi) is 3.99. The van der Waals surface area contributed by atoms with Crippen molar-refractivity contribution in [3.63, 3.8) is 0 Å². The summed E-state index contributed by atoms with van der Waals surface area (Å²) in [5.74, 6) is -0.0431. The summed E-state index contributed by atoms with van der Waals surface area (Å²) in [6, 6.07) is 13.7. The molecule has 0 unspecified atom stereocenters. The highest BCUT2D eigenvalue weighted by atomic mass is 19.1. The Labute approximate surface area is 145 Å². The van der Waals surface area contributed by atoms with Crippen LogP contribution in [0.4, 0.5) is 9.18 Å². The van der Waals surface area contributed by atoms with E-state index in [9.17, 15) is 14.0 Å². The number of carbonyl (C=O) groups is 2. The van der Waals surface area contributed by atoms with E-state index in [-0.39, 0.29) is 12.5 Å². The lowest BCUT2D eigenvalue weighted by Gasteiger charge is -2.22. The third-order valence-corrected chi connectivity index (χ3v) is 5.09. The van der Waals surface area contributed by atoms with Crippen molar-refractivity contribution in [2.24, 2.45) is 0 Å². The lowest BCUT2D eigenvalue weighted by atomic mass is 9.98. The van der Waals surface area contributed by atoms with E-state index < -0.39 is 18.2 Å². The van der Waals surface area contributed by atoms with E-state index >= 15 is 0 Å². The number of carbonyl (C=O) groups excluding carboxylic acids is 2. The standard InChI is InChI=1S/C20H18FNO3/c21-19(23)18-10-5-11-22(18)20(24)25-12-17-15-8-3-1-6-13(15)14-7-2-4-9-16(14)17/h1-4,6-9,17-18H,5,10-12H2/t18-/m0/s1. The van der Waals surface area contributed by atoms with Crippen LogP contribution < -0.4 is 0 Å². The van der Waals surface area contributed by atoms with Crippen LogP contribution in [0.5, 0.6) is 0 Å². The summed E-state index contributed by atoms with van der Waals surface area (Å²) in [5, 5.41) is 0. The molecule has 2 aromatic rings. The predicted octanol–water partition coefficient (Wildman–Crippen LogP) is 3.90. The fourth-order valence-electron chi connectivity index (χ4n) is 3.90. The van der Waals surface area contributed by atoms with Gasteiger partial charge in [0.05, 0.1) is 0 Å². The van der Waals surface area contributed by atoms with Gasteiger partial charge in [-0.15, -0.1) is 0 Å². The minimum Gasteiger partial charge on any atom is -0.448 e. The molecule has 1 atom stereocenters. The van der Waals surface area contributed by atoms with Gasteiger partial charge in [-0.2, -0.15) is 4.39 Å². The van der Waals surface area contributed by atoms with Crippen molar-refractivity contribution in [3.05, 3.63) is 59.7 Å². The van der Waals surface area contributed by atoms with Crippen LogP contribution in [-0.4, -0.2) is 36.2 Å². The molecule has 1 amide bonds. The summed E-state index contributed by atoms with van der Waals surface area (Å²) in [4.78, 5) is 24.6. The number of hydrogen-bond donors (Lipinski definition) is 0. The van der Waals surface area contributed by atoms with Crippen LogP contribution in [0.1, 0.15) is 29.9 Å². The second-order valence-electron chi connectivity index (χ2n) is 6.46. The maximum Gasteiger partial charge on any atom is 0.410 e. The molecule has 0 bridgehead atoms. The Bertz CT molecular complexity index is 790.